The quantitative estimate of drug-likeness (QED) is 0.403. The number of methoxy groups -OCH3 is 1. The molecule has 0 radical (unpaired) electrons. The Kier molecular flexibility index (Phi) is 7.07. The standard InChI is InChI=1S/C33H33N3O7S2/c1-16-3-6-18(7-4-16)36-31(38)26-19-14-20(27(26)32(36)39)28-25(19)24(29-30(44-28)34-33(40)45-29)17-5-8-21(22(13-17)41-2)43-15-23(37)35-9-11-42-12-10-35/h3-8,13,19-20,24-28H,9-12,14-15H2,1-2H3,(H,34,40)/t19-,20-,24+,25-,26+,27+,28-/m1/s1. The summed E-state index contributed by atoms with van der Waals surface area (Å²) in [4.78, 5) is 60.3. The van der Waals surface area contributed by atoms with Crippen LogP contribution < -0.4 is 19.2 Å². The molecule has 5 aliphatic rings. The van der Waals surface area contributed by atoms with Crippen molar-refractivity contribution in [1.82, 2.24) is 9.88 Å². The third-order valence-electron chi connectivity index (χ3n) is 10.3. The van der Waals surface area contributed by atoms with Crippen molar-refractivity contribution < 1.29 is 28.6 Å². The lowest BCUT2D eigenvalue weighted by Crippen LogP contribution is -2.43. The minimum atomic E-state index is -0.374. The Labute approximate surface area is 268 Å². The summed E-state index contributed by atoms with van der Waals surface area (Å²) >= 11 is 2.88. The van der Waals surface area contributed by atoms with Crippen LogP contribution in [0.25, 0.3) is 0 Å². The molecule has 3 aromatic rings. The number of hydrogen-bond donors (Lipinski definition) is 1. The summed E-state index contributed by atoms with van der Waals surface area (Å²) in [5.41, 5.74) is 2.66. The molecule has 2 saturated carbocycles. The zero-order valence-corrected chi connectivity index (χ0v) is 26.5. The van der Waals surface area contributed by atoms with E-state index in [9.17, 15) is 19.2 Å². The fourth-order valence-corrected chi connectivity index (χ4v) is 11.3. The van der Waals surface area contributed by atoms with Crippen molar-refractivity contribution >= 4 is 46.5 Å². The van der Waals surface area contributed by atoms with Gasteiger partial charge in [-0.2, -0.15) is 0 Å². The highest BCUT2D eigenvalue weighted by molar-refractivity contribution is 8.00. The van der Waals surface area contributed by atoms with Gasteiger partial charge in [0.25, 0.3) is 5.91 Å². The summed E-state index contributed by atoms with van der Waals surface area (Å²) in [6.45, 7) is 4.01. The van der Waals surface area contributed by atoms with Crippen LogP contribution in [0.2, 0.25) is 0 Å². The zero-order chi connectivity index (χ0) is 31.0. The van der Waals surface area contributed by atoms with E-state index in [1.54, 1.807) is 23.8 Å². The molecule has 3 amide bonds. The predicted octanol–water partition coefficient (Wildman–Crippen LogP) is 3.67. The maximum Gasteiger partial charge on any atom is 0.305 e. The van der Waals surface area contributed by atoms with Crippen LogP contribution in [0.4, 0.5) is 5.69 Å². The number of carbonyl (C=O) groups excluding carboxylic acids is 3. The first-order chi connectivity index (χ1) is 21.8. The van der Waals surface area contributed by atoms with Gasteiger partial charge in [0.15, 0.2) is 18.1 Å². The molecule has 10 nitrogen and oxygen atoms in total. The summed E-state index contributed by atoms with van der Waals surface area (Å²) in [5, 5.41) is 0.935. The molecule has 0 spiro atoms. The number of ether oxygens (including phenoxy) is 3. The van der Waals surface area contributed by atoms with E-state index in [2.05, 4.69) is 4.98 Å². The summed E-state index contributed by atoms with van der Waals surface area (Å²) < 4.78 is 17.0. The smallest absolute Gasteiger partial charge is 0.305 e. The number of thioether (sulfide) groups is 1. The molecule has 45 heavy (non-hydrogen) atoms. The summed E-state index contributed by atoms with van der Waals surface area (Å²) in [6.07, 6.45) is 0.814. The van der Waals surface area contributed by atoms with E-state index in [1.165, 1.54) is 16.2 Å². The van der Waals surface area contributed by atoms with Crippen molar-refractivity contribution in [1.29, 1.82) is 0 Å². The van der Waals surface area contributed by atoms with Crippen molar-refractivity contribution in [2.45, 2.75) is 29.5 Å². The molecular formula is C33H33N3O7S2. The zero-order valence-electron chi connectivity index (χ0n) is 24.9. The Morgan fingerprint density at radius 1 is 1.00 bits per heavy atom. The van der Waals surface area contributed by atoms with E-state index in [-0.39, 0.29) is 70.0 Å². The minimum absolute atomic E-state index is 0.00724. The number of amides is 3. The van der Waals surface area contributed by atoms with Crippen LogP contribution in [0.1, 0.15) is 28.3 Å². The monoisotopic (exact) mass is 647 g/mol. The number of rotatable bonds is 6. The minimum Gasteiger partial charge on any atom is -0.493 e. The van der Waals surface area contributed by atoms with Crippen molar-refractivity contribution in [3.63, 3.8) is 0 Å². The Morgan fingerprint density at radius 3 is 2.47 bits per heavy atom. The lowest BCUT2D eigenvalue weighted by atomic mass is 9.68. The van der Waals surface area contributed by atoms with Crippen molar-refractivity contribution in [3.05, 3.63) is 68.1 Å². The van der Waals surface area contributed by atoms with E-state index >= 15 is 0 Å². The lowest BCUT2D eigenvalue weighted by Gasteiger charge is -2.43. The molecular weight excluding hydrogens is 615 g/mol. The van der Waals surface area contributed by atoms with Gasteiger partial charge in [0, 0.05) is 29.1 Å². The number of carbonyl (C=O) groups is 3. The number of nitrogens with one attached hydrogen (secondary N) is 1. The van der Waals surface area contributed by atoms with E-state index in [0.29, 0.717) is 43.5 Å². The fraction of sp³-hybridized carbons (Fsp3) is 0.455. The number of anilines is 1. The van der Waals surface area contributed by atoms with Crippen LogP contribution in [-0.4, -0.2) is 72.9 Å². The SMILES string of the molecule is COc1cc([C@@H]2c3sc(=O)[nH]c3S[C@@H]3[C@@H]4C[C@@H]([C@@H]5C(=O)N(c6ccc(C)cc6)C(=O)[C@@H]45)[C@H]23)ccc1OCC(=O)N1CCOCC1. The van der Waals surface area contributed by atoms with Gasteiger partial charge in [-0.05, 0) is 60.9 Å². The Balaban J connectivity index is 1.11. The number of aromatic nitrogens is 1. The van der Waals surface area contributed by atoms with Crippen molar-refractivity contribution in [2.75, 3.05) is 44.9 Å². The van der Waals surface area contributed by atoms with Gasteiger partial charge in [-0.15, -0.1) is 11.8 Å². The molecule has 234 valence electrons. The molecule has 4 heterocycles. The summed E-state index contributed by atoms with van der Waals surface area (Å²) in [6, 6.07) is 13.3. The number of hydrogen-bond acceptors (Lipinski definition) is 9. The maximum atomic E-state index is 14.0. The Hall–Kier alpha value is -3.61. The fourth-order valence-electron chi connectivity index (χ4n) is 8.38. The molecule has 12 heteroatoms. The van der Waals surface area contributed by atoms with Gasteiger partial charge in [0.05, 0.1) is 42.9 Å². The van der Waals surface area contributed by atoms with Crippen LogP contribution in [-0.2, 0) is 19.1 Å². The number of thiazole rings is 1. The summed E-state index contributed by atoms with van der Waals surface area (Å²) in [7, 11) is 1.57. The molecule has 7 atom stereocenters. The molecule has 3 aliphatic heterocycles. The van der Waals surface area contributed by atoms with Gasteiger partial charge in [0.2, 0.25) is 11.8 Å². The number of H-pyrrole nitrogens is 1. The molecule has 4 fully saturated rings. The van der Waals surface area contributed by atoms with Gasteiger partial charge < -0.3 is 24.1 Å². The second-order valence-corrected chi connectivity index (χ2v) is 14.7. The van der Waals surface area contributed by atoms with Crippen LogP contribution >= 0.6 is 23.1 Å². The Bertz CT molecular complexity index is 1750. The molecule has 1 N–H and O–H groups in total. The van der Waals surface area contributed by atoms with E-state index in [4.69, 9.17) is 14.2 Å². The number of benzene rings is 2. The highest BCUT2D eigenvalue weighted by Crippen LogP contribution is 2.68. The summed E-state index contributed by atoms with van der Waals surface area (Å²) in [5.74, 6) is -0.116. The number of aryl methyl sites for hydroxylation is 1. The van der Waals surface area contributed by atoms with E-state index < -0.39 is 0 Å². The van der Waals surface area contributed by atoms with Crippen LogP contribution in [0.5, 0.6) is 11.5 Å². The molecule has 1 aromatic heterocycles. The van der Waals surface area contributed by atoms with E-state index in [1.807, 2.05) is 49.4 Å². The van der Waals surface area contributed by atoms with Crippen LogP contribution in [0, 0.1) is 36.5 Å². The van der Waals surface area contributed by atoms with Gasteiger partial charge in [-0.3, -0.25) is 24.1 Å². The van der Waals surface area contributed by atoms with Crippen molar-refractivity contribution in [2.24, 2.45) is 29.6 Å². The normalized spacial score (nSPS) is 29.9. The second-order valence-electron chi connectivity index (χ2n) is 12.5. The number of morpholine rings is 1. The molecule has 8 rings (SSSR count). The lowest BCUT2D eigenvalue weighted by molar-refractivity contribution is -0.137. The predicted molar refractivity (Wildman–Crippen MR) is 168 cm³/mol. The van der Waals surface area contributed by atoms with Gasteiger partial charge in [-0.25, -0.2) is 0 Å². The van der Waals surface area contributed by atoms with E-state index in [0.717, 1.165) is 27.5 Å². The molecule has 2 aromatic carbocycles. The first-order valence-electron chi connectivity index (χ1n) is 15.3. The van der Waals surface area contributed by atoms with Gasteiger partial charge >= 0.3 is 4.87 Å². The number of imide groups is 1. The van der Waals surface area contributed by atoms with Gasteiger partial charge in [-0.1, -0.05) is 35.1 Å². The van der Waals surface area contributed by atoms with Crippen molar-refractivity contribution in [3.8, 4) is 11.5 Å². The second kappa shape index (κ2) is 11.0. The first kappa shape index (κ1) is 28.8. The van der Waals surface area contributed by atoms with Gasteiger partial charge in [0.1, 0.15) is 0 Å². The third-order valence-corrected chi connectivity index (χ3v) is 12.9. The largest absolute Gasteiger partial charge is 0.493 e. The van der Waals surface area contributed by atoms with Crippen LogP contribution in [0.15, 0.2) is 52.3 Å². The molecule has 0 unspecified atom stereocenters. The molecule has 2 aliphatic carbocycles. The first-order valence-corrected chi connectivity index (χ1v) is 17.0. The Morgan fingerprint density at radius 2 is 1.73 bits per heavy atom. The topological polar surface area (TPSA) is 118 Å². The highest BCUT2D eigenvalue weighted by Gasteiger charge is 2.69. The molecule has 2 saturated heterocycles. The highest BCUT2D eigenvalue weighted by atomic mass is 32.2. The average molecular weight is 648 g/mol. The number of aromatic amines is 1. The van der Waals surface area contributed by atoms with Crippen LogP contribution in [0.3, 0.4) is 0 Å². The maximum absolute atomic E-state index is 14.0. The average Bonchev–Trinajstić information content (AvgIpc) is 3.79. The number of nitrogens with zero attached hydrogens (tertiary/aromatic N) is 2. The third kappa shape index (κ3) is 4.55. The molecule has 2 bridgehead atoms. The number of fused-ring (bicyclic) bond motifs is 9.